The van der Waals surface area contributed by atoms with Crippen LogP contribution >= 0.6 is 0 Å². The maximum absolute atomic E-state index is 11.8. The number of carbonyl (C=O) groups is 1. The molecule has 1 aromatic carbocycles. The SMILES string of the molecule is CCOC(=O)N1CCC(N2CCC(Nc3cc(C)ccc3C)CC2)CC1. The highest BCUT2D eigenvalue weighted by Gasteiger charge is 2.30. The highest BCUT2D eigenvalue weighted by Crippen LogP contribution is 2.25. The van der Waals surface area contributed by atoms with Crippen molar-refractivity contribution >= 4 is 11.8 Å². The topological polar surface area (TPSA) is 44.8 Å². The summed E-state index contributed by atoms with van der Waals surface area (Å²) in [5, 5.41) is 3.75. The standard InChI is InChI=1S/C21H33N3O2/c1-4-26-21(25)24-13-9-19(10-14-24)23-11-7-18(8-12-23)22-20-15-16(2)5-6-17(20)3/h5-6,15,18-19,22H,4,7-14H2,1-3H3. The van der Waals surface area contributed by atoms with Gasteiger partial charge in [0.2, 0.25) is 0 Å². The van der Waals surface area contributed by atoms with Crippen molar-refractivity contribution in [2.75, 3.05) is 38.1 Å². The third-order valence-electron chi connectivity index (χ3n) is 5.79. The number of rotatable bonds is 4. The molecule has 0 radical (unpaired) electrons. The third-order valence-corrected chi connectivity index (χ3v) is 5.79. The Morgan fingerprint density at radius 2 is 1.81 bits per heavy atom. The first-order chi connectivity index (χ1) is 12.6. The highest BCUT2D eigenvalue weighted by molar-refractivity contribution is 5.67. The number of anilines is 1. The molecule has 1 aromatic rings. The van der Waals surface area contributed by atoms with E-state index in [0.717, 1.165) is 39.0 Å². The molecule has 0 spiro atoms. The van der Waals surface area contributed by atoms with Gasteiger partial charge in [-0.15, -0.1) is 0 Å². The summed E-state index contributed by atoms with van der Waals surface area (Å²) in [6.07, 6.45) is 4.35. The van der Waals surface area contributed by atoms with Crippen LogP contribution in [-0.4, -0.2) is 60.8 Å². The van der Waals surface area contributed by atoms with E-state index in [1.807, 2.05) is 11.8 Å². The molecule has 0 saturated carbocycles. The van der Waals surface area contributed by atoms with Crippen molar-refractivity contribution in [3.8, 4) is 0 Å². The van der Waals surface area contributed by atoms with E-state index in [1.165, 1.54) is 29.7 Å². The minimum atomic E-state index is -0.151. The Labute approximate surface area is 157 Å². The van der Waals surface area contributed by atoms with Gasteiger partial charge < -0.3 is 19.9 Å². The molecule has 1 N–H and O–H groups in total. The predicted octanol–water partition coefficient (Wildman–Crippen LogP) is 3.80. The number of piperidine rings is 2. The van der Waals surface area contributed by atoms with Crippen LogP contribution in [0.1, 0.15) is 43.7 Å². The summed E-state index contributed by atoms with van der Waals surface area (Å²) in [5.74, 6) is 0. The molecule has 2 saturated heterocycles. The lowest BCUT2D eigenvalue weighted by Crippen LogP contribution is -2.50. The molecule has 2 fully saturated rings. The first-order valence-electron chi connectivity index (χ1n) is 10.1. The summed E-state index contributed by atoms with van der Waals surface area (Å²) in [5.41, 5.74) is 3.92. The third kappa shape index (κ3) is 4.70. The second kappa shape index (κ2) is 8.76. The fraction of sp³-hybridized carbons (Fsp3) is 0.667. The minimum absolute atomic E-state index is 0.151. The molecule has 0 atom stereocenters. The van der Waals surface area contributed by atoms with Crippen molar-refractivity contribution in [1.82, 2.24) is 9.80 Å². The summed E-state index contributed by atoms with van der Waals surface area (Å²) < 4.78 is 5.12. The van der Waals surface area contributed by atoms with Crippen molar-refractivity contribution in [1.29, 1.82) is 0 Å². The quantitative estimate of drug-likeness (QED) is 0.888. The minimum Gasteiger partial charge on any atom is -0.450 e. The largest absolute Gasteiger partial charge is 0.450 e. The van der Waals surface area contributed by atoms with Crippen LogP contribution in [0, 0.1) is 13.8 Å². The van der Waals surface area contributed by atoms with Crippen LogP contribution in [0.5, 0.6) is 0 Å². The summed E-state index contributed by atoms with van der Waals surface area (Å²) in [7, 11) is 0. The molecule has 1 amide bonds. The monoisotopic (exact) mass is 359 g/mol. The zero-order valence-corrected chi connectivity index (χ0v) is 16.5. The van der Waals surface area contributed by atoms with Crippen LogP contribution in [0.3, 0.4) is 0 Å². The van der Waals surface area contributed by atoms with E-state index in [2.05, 4.69) is 42.3 Å². The van der Waals surface area contributed by atoms with Gasteiger partial charge in [-0.2, -0.15) is 0 Å². The molecule has 5 nitrogen and oxygen atoms in total. The molecule has 0 unspecified atom stereocenters. The zero-order valence-electron chi connectivity index (χ0n) is 16.5. The van der Waals surface area contributed by atoms with Gasteiger partial charge in [0.15, 0.2) is 0 Å². The molecule has 2 aliphatic heterocycles. The van der Waals surface area contributed by atoms with E-state index >= 15 is 0 Å². The molecule has 0 aliphatic carbocycles. The number of aryl methyl sites for hydroxylation is 2. The number of amides is 1. The number of hydrogen-bond donors (Lipinski definition) is 1. The Morgan fingerprint density at radius 3 is 2.46 bits per heavy atom. The average Bonchev–Trinajstić information content (AvgIpc) is 2.66. The van der Waals surface area contributed by atoms with Crippen LogP contribution in [0.15, 0.2) is 18.2 Å². The van der Waals surface area contributed by atoms with E-state index in [-0.39, 0.29) is 6.09 Å². The van der Waals surface area contributed by atoms with Gasteiger partial charge in [0.1, 0.15) is 0 Å². The van der Waals surface area contributed by atoms with Gasteiger partial charge in [0.05, 0.1) is 6.61 Å². The normalized spacial score (nSPS) is 20.2. The summed E-state index contributed by atoms with van der Waals surface area (Å²) in [6.45, 7) is 10.6. The number of nitrogens with zero attached hydrogens (tertiary/aromatic N) is 2. The molecule has 0 aromatic heterocycles. The van der Waals surface area contributed by atoms with E-state index in [4.69, 9.17) is 4.74 Å². The maximum atomic E-state index is 11.8. The van der Waals surface area contributed by atoms with E-state index in [9.17, 15) is 4.79 Å². The van der Waals surface area contributed by atoms with Gasteiger partial charge in [0, 0.05) is 44.0 Å². The van der Waals surface area contributed by atoms with Crippen LogP contribution < -0.4 is 5.32 Å². The fourth-order valence-electron chi connectivity index (χ4n) is 4.15. The smallest absolute Gasteiger partial charge is 0.409 e. The van der Waals surface area contributed by atoms with Crippen LogP contribution in [0.4, 0.5) is 10.5 Å². The number of benzene rings is 1. The summed E-state index contributed by atoms with van der Waals surface area (Å²) >= 11 is 0. The maximum Gasteiger partial charge on any atom is 0.409 e. The number of ether oxygens (including phenoxy) is 1. The van der Waals surface area contributed by atoms with E-state index < -0.39 is 0 Å². The van der Waals surface area contributed by atoms with Gasteiger partial charge in [-0.05, 0) is 63.6 Å². The molecule has 0 bridgehead atoms. The second-order valence-corrected chi connectivity index (χ2v) is 7.69. The number of carbonyl (C=O) groups excluding carboxylic acids is 1. The molecule has 2 aliphatic rings. The number of hydrogen-bond acceptors (Lipinski definition) is 4. The number of likely N-dealkylation sites (tertiary alicyclic amines) is 2. The van der Waals surface area contributed by atoms with Crippen LogP contribution in [0.25, 0.3) is 0 Å². The van der Waals surface area contributed by atoms with Crippen molar-refractivity contribution in [2.45, 2.75) is 58.5 Å². The van der Waals surface area contributed by atoms with Gasteiger partial charge in [-0.25, -0.2) is 4.79 Å². The lowest BCUT2D eigenvalue weighted by molar-refractivity contribution is 0.0674. The number of nitrogens with one attached hydrogen (secondary N) is 1. The molecular weight excluding hydrogens is 326 g/mol. The fourth-order valence-corrected chi connectivity index (χ4v) is 4.15. The molecule has 5 heteroatoms. The first kappa shape index (κ1) is 19.0. The Kier molecular flexibility index (Phi) is 6.41. The second-order valence-electron chi connectivity index (χ2n) is 7.69. The highest BCUT2D eigenvalue weighted by atomic mass is 16.6. The predicted molar refractivity (Wildman–Crippen MR) is 106 cm³/mol. The summed E-state index contributed by atoms with van der Waals surface area (Å²) in [6, 6.07) is 7.80. The van der Waals surface area contributed by atoms with Crippen molar-refractivity contribution < 1.29 is 9.53 Å². The van der Waals surface area contributed by atoms with Gasteiger partial charge in [-0.3, -0.25) is 0 Å². The Hall–Kier alpha value is -1.75. The zero-order chi connectivity index (χ0) is 18.5. The van der Waals surface area contributed by atoms with Crippen LogP contribution in [-0.2, 0) is 4.74 Å². The lowest BCUT2D eigenvalue weighted by atomic mass is 9.97. The van der Waals surface area contributed by atoms with E-state index in [1.54, 1.807) is 0 Å². The molecule has 26 heavy (non-hydrogen) atoms. The van der Waals surface area contributed by atoms with Gasteiger partial charge in [-0.1, -0.05) is 12.1 Å². The molecule has 2 heterocycles. The Morgan fingerprint density at radius 1 is 1.12 bits per heavy atom. The van der Waals surface area contributed by atoms with Crippen molar-refractivity contribution in [3.63, 3.8) is 0 Å². The average molecular weight is 360 g/mol. The summed E-state index contributed by atoms with van der Waals surface area (Å²) in [4.78, 5) is 16.3. The van der Waals surface area contributed by atoms with Crippen molar-refractivity contribution in [2.24, 2.45) is 0 Å². The van der Waals surface area contributed by atoms with E-state index in [0.29, 0.717) is 18.7 Å². The lowest BCUT2D eigenvalue weighted by Gasteiger charge is -2.41. The molecular formula is C21H33N3O2. The molecule has 144 valence electrons. The van der Waals surface area contributed by atoms with Gasteiger partial charge in [0.25, 0.3) is 0 Å². The van der Waals surface area contributed by atoms with Gasteiger partial charge >= 0.3 is 6.09 Å². The van der Waals surface area contributed by atoms with Crippen molar-refractivity contribution in [3.05, 3.63) is 29.3 Å². The molecule has 3 rings (SSSR count). The first-order valence-corrected chi connectivity index (χ1v) is 10.1. The van der Waals surface area contributed by atoms with Crippen LogP contribution in [0.2, 0.25) is 0 Å². The Balaban J connectivity index is 1.44. The Bertz CT molecular complexity index is 603.